The minimum absolute atomic E-state index is 0.0806. The number of nitro groups is 1. The highest BCUT2D eigenvalue weighted by Gasteiger charge is 2.13. The second-order valence-corrected chi connectivity index (χ2v) is 4.92. The van der Waals surface area contributed by atoms with Crippen LogP contribution in [0.4, 0.5) is 11.4 Å². The summed E-state index contributed by atoms with van der Waals surface area (Å²) in [5.41, 5.74) is 0.621. The van der Waals surface area contributed by atoms with Crippen LogP contribution in [-0.4, -0.2) is 21.0 Å². The Bertz CT molecular complexity index is 557. The molecular formula is C12H13BrN4O2. The zero-order valence-corrected chi connectivity index (χ0v) is 11.7. The van der Waals surface area contributed by atoms with Gasteiger partial charge in [-0.2, -0.15) is 0 Å². The summed E-state index contributed by atoms with van der Waals surface area (Å²) in [7, 11) is 0. The number of hydrogen-bond acceptors (Lipinski definition) is 4. The SMILES string of the molecule is O=[N+]([O-])c1cc(Br)ccc1NCCCn1ccnc1. The van der Waals surface area contributed by atoms with Gasteiger partial charge >= 0.3 is 0 Å². The van der Waals surface area contributed by atoms with E-state index in [4.69, 9.17) is 0 Å². The number of imidazole rings is 1. The summed E-state index contributed by atoms with van der Waals surface area (Å²) in [6.45, 7) is 1.50. The fourth-order valence-electron chi connectivity index (χ4n) is 1.71. The third-order valence-corrected chi connectivity index (χ3v) is 3.12. The van der Waals surface area contributed by atoms with Gasteiger partial charge in [0.15, 0.2) is 0 Å². The highest BCUT2D eigenvalue weighted by Crippen LogP contribution is 2.27. The first-order valence-electron chi connectivity index (χ1n) is 5.80. The summed E-state index contributed by atoms with van der Waals surface area (Å²) in [4.78, 5) is 14.5. The van der Waals surface area contributed by atoms with E-state index < -0.39 is 0 Å². The lowest BCUT2D eigenvalue weighted by molar-refractivity contribution is -0.384. The predicted octanol–water partition coefficient (Wildman–Crippen LogP) is 3.06. The molecule has 1 aromatic heterocycles. The molecular weight excluding hydrogens is 312 g/mol. The van der Waals surface area contributed by atoms with E-state index in [0.29, 0.717) is 16.7 Å². The number of halogens is 1. The molecule has 0 spiro atoms. The quantitative estimate of drug-likeness (QED) is 0.503. The second kappa shape index (κ2) is 6.33. The molecule has 0 saturated heterocycles. The molecule has 0 aliphatic heterocycles. The topological polar surface area (TPSA) is 73.0 Å². The Balaban J connectivity index is 1.90. The van der Waals surface area contributed by atoms with Crippen LogP contribution in [0, 0.1) is 10.1 Å². The molecule has 0 unspecified atom stereocenters. The number of aryl methyl sites for hydroxylation is 1. The molecule has 0 aliphatic rings. The number of rotatable bonds is 6. The van der Waals surface area contributed by atoms with E-state index >= 15 is 0 Å². The average molecular weight is 325 g/mol. The first-order valence-corrected chi connectivity index (χ1v) is 6.59. The third kappa shape index (κ3) is 3.78. The summed E-state index contributed by atoms with van der Waals surface area (Å²) in [5, 5.41) is 14.0. The Morgan fingerprint density at radius 1 is 1.47 bits per heavy atom. The number of nitro benzene ring substituents is 1. The van der Waals surface area contributed by atoms with Crippen LogP contribution in [0.2, 0.25) is 0 Å². The molecule has 0 aliphatic carbocycles. The molecule has 1 heterocycles. The summed E-state index contributed by atoms with van der Waals surface area (Å²) in [6.07, 6.45) is 6.24. The summed E-state index contributed by atoms with van der Waals surface area (Å²) < 4.78 is 2.67. The second-order valence-electron chi connectivity index (χ2n) is 4.00. The number of benzene rings is 1. The van der Waals surface area contributed by atoms with Gasteiger partial charge in [-0.05, 0) is 18.6 Å². The Morgan fingerprint density at radius 3 is 3.00 bits per heavy atom. The molecule has 6 nitrogen and oxygen atoms in total. The maximum absolute atomic E-state index is 10.9. The lowest BCUT2D eigenvalue weighted by atomic mass is 10.2. The van der Waals surface area contributed by atoms with Gasteiger partial charge in [-0.15, -0.1) is 0 Å². The largest absolute Gasteiger partial charge is 0.379 e. The van der Waals surface area contributed by atoms with Gasteiger partial charge in [0.05, 0.1) is 11.3 Å². The fourth-order valence-corrected chi connectivity index (χ4v) is 2.06. The molecule has 1 aromatic carbocycles. The van der Waals surface area contributed by atoms with Crippen LogP contribution in [0.5, 0.6) is 0 Å². The maximum atomic E-state index is 10.9. The summed E-state index contributed by atoms with van der Waals surface area (Å²) >= 11 is 3.23. The minimum Gasteiger partial charge on any atom is -0.379 e. The third-order valence-electron chi connectivity index (χ3n) is 2.62. The van der Waals surface area contributed by atoms with E-state index in [-0.39, 0.29) is 10.6 Å². The highest BCUT2D eigenvalue weighted by atomic mass is 79.9. The molecule has 0 atom stereocenters. The van der Waals surface area contributed by atoms with Crippen LogP contribution in [0.25, 0.3) is 0 Å². The molecule has 0 radical (unpaired) electrons. The average Bonchev–Trinajstić information content (AvgIpc) is 2.89. The van der Waals surface area contributed by atoms with Gasteiger partial charge < -0.3 is 9.88 Å². The van der Waals surface area contributed by atoms with Gasteiger partial charge in [0.25, 0.3) is 5.69 Å². The van der Waals surface area contributed by atoms with Crippen molar-refractivity contribution in [2.24, 2.45) is 0 Å². The van der Waals surface area contributed by atoms with Gasteiger partial charge in [-0.3, -0.25) is 10.1 Å². The lowest BCUT2D eigenvalue weighted by Crippen LogP contribution is -2.07. The van der Waals surface area contributed by atoms with Crippen molar-refractivity contribution in [3.8, 4) is 0 Å². The summed E-state index contributed by atoms with van der Waals surface area (Å²) in [6, 6.07) is 4.99. The molecule has 0 saturated carbocycles. The lowest BCUT2D eigenvalue weighted by Gasteiger charge is -2.07. The van der Waals surface area contributed by atoms with Crippen LogP contribution in [0.1, 0.15) is 6.42 Å². The maximum Gasteiger partial charge on any atom is 0.293 e. The number of nitrogens with one attached hydrogen (secondary N) is 1. The van der Waals surface area contributed by atoms with Crippen molar-refractivity contribution in [1.82, 2.24) is 9.55 Å². The number of aromatic nitrogens is 2. The van der Waals surface area contributed by atoms with E-state index in [0.717, 1.165) is 13.0 Å². The predicted molar refractivity (Wildman–Crippen MR) is 76.1 cm³/mol. The van der Waals surface area contributed by atoms with Gasteiger partial charge in [0.1, 0.15) is 5.69 Å². The van der Waals surface area contributed by atoms with Crippen molar-refractivity contribution >= 4 is 27.3 Å². The Labute approximate surface area is 118 Å². The molecule has 19 heavy (non-hydrogen) atoms. The molecule has 0 fully saturated rings. The Morgan fingerprint density at radius 2 is 2.32 bits per heavy atom. The molecule has 100 valence electrons. The van der Waals surface area contributed by atoms with Crippen molar-refractivity contribution in [1.29, 1.82) is 0 Å². The molecule has 0 bridgehead atoms. The van der Waals surface area contributed by atoms with Crippen LogP contribution >= 0.6 is 15.9 Å². The van der Waals surface area contributed by atoms with Crippen molar-refractivity contribution in [2.75, 3.05) is 11.9 Å². The van der Waals surface area contributed by atoms with Crippen molar-refractivity contribution < 1.29 is 4.92 Å². The van der Waals surface area contributed by atoms with Crippen molar-refractivity contribution in [2.45, 2.75) is 13.0 Å². The molecule has 7 heteroatoms. The van der Waals surface area contributed by atoms with Gasteiger partial charge in [-0.25, -0.2) is 4.98 Å². The van der Waals surface area contributed by atoms with E-state index in [1.807, 2.05) is 10.8 Å². The van der Waals surface area contributed by atoms with Crippen LogP contribution in [-0.2, 0) is 6.54 Å². The smallest absolute Gasteiger partial charge is 0.293 e. The first-order chi connectivity index (χ1) is 9.16. The van der Waals surface area contributed by atoms with Crippen LogP contribution in [0.15, 0.2) is 41.4 Å². The molecule has 0 amide bonds. The molecule has 2 rings (SSSR count). The Kier molecular flexibility index (Phi) is 4.51. The van der Waals surface area contributed by atoms with Gasteiger partial charge in [0, 0.05) is 36.0 Å². The monoisotopic (exact) mass is 324 g/mol. The van der Waals surface area contributed by atoms with E-state index in [1.54, 1.807) is 24.7 Å². The zero-order valence-electron chi connectivity index (χ0n) is 10.1. The number of hydrogen-bond donors (Lipinski definition) is 1. The normalized spacial score (nSPS) is 10.4. The molecule has 2 aromatic rings. The highest BCUT2D eigenvalue weighted by molar-refractivity contribution is 9.10. The standard InChI is InChI=1S/C12H13BrN4O2/c13-10-2-3-11(12(8-10)17(18)19)15-4-1-6-16-7-5-14-9-16/h2-3,5,7-9,15H,1,4,6H2. The van der Waals surface area contributed by atoms with Gasteiger partial charge in [-0.1, -0.05) is 15.9 Å². The molecule has 1 N–H and O–H groups in total. The number of anilines is 1. The van der Waals surface area contributed by atoms with E-state index in [1.165, 1.54) is 6.07 Å². The van der Waals surface area contributed by atoms with Crippen molar-refractivity contribution in [3.63, 3.8) is 0 Å². The number of nitrogens with zero attached hydrogens (tertiary/aromatic N) is 3. The minimum atomic E-state index is -0.386. The van der Waals surface area contributed by atoms with Crippen molar-refractivity contribution in [3.05, 3.63) is 51.5 Å². The van der Waals surface area contributed by atoms with E-state index in [9.17, 15) is 10.1 Å². The summed E-state index contributed by atoms with van der Waals surface area (Å²) in [5.74, 6) is 0. The van der Waals surface area contributed by atoms with Gasteiger partial charge in [0.2, 0.25) is 0 Å². The Hall–Kier alpha value is -1.89. The van der Waals surface area contributed by atoms with E-state index in [2.05, 4.69) is 26.2 Å². The fraction of sp³-hybridized carbons (Fsp3) is 0.250. The van der Waals surface area contributed by atoms with Crippen LogP contribution < -0.4 is 5.32 Å². The zero-order chi connectivity index (χ0) is 13.7. The first kappa shape index (κ1) is 13.5. The van der Waals surface area contributed by atoms with Crippen LogP contribution in [0.3, 0.4) is 0 Å².